The summed E-state index contributed by atoms with van der Waals surface area (Å²) in [5.74, 6) is -0.694. The summed E-state index contributed by atoms with van der Waals surface area (Å²) >= 11 is 0. The van der Waals surface area contributed by atoms with E-state index >= 15 is 0 Å². The lowest BCUT2D eigenvalue weighted by Gasteiger charge is -2.01. The molecule has 0 saturated carbocycles. The first kappa shape index (κ1) is 13.3. The van der Waals surface area contributed by atoms with Crippen molar-refractivity contribution in [1.82, 2.24) is 9.78 Å². The molecule has 0 amide bonds. The smallest absolute Gasteiger partial charge is 0.287 e. The topological polar surface area (TPSA) is 121 Å². The molecule has 0 atom stereocenters. The third kappa shape index (κ3) is 2.23. The summed E-state index contributed by atoms with van der Waals surface area (Å²) in [6.07, 6.45) is 0.963. The van der Waals surface area contributed by atoms with E-state index in [4.69, 9.17) is 0 Å². The minimum atomic E-state index is -0.725. The van der Waals surface area contributed by atoms with Crippen molar-refractivity contribution < 1.29 is 14.6 Å². The average Bonchev–Trinajstić information content (AvgIpc) is 2.80. The highest BCUT2D eigenvalue weighted by molar-refractivity contribution is 6.10. The molecule has 0 N–H and O–H groups in total. The van der Waals surface area contributed by atoms with E-state index in [2.05, 4.69) is 5.10 Å². The first-order chi connectivity index (χ1) is 9.41. The number of carbonyl (C=O) groups excluding carboxylic acids is 1. The van der Waals surface area contributed by atoms with Crippen molar-refractivity contribution in [3.05, 3.63) is 61.9 Å². The maximum Gasteiger partial charge on any atom is 0.318 e. The van der Waals surface area contributed by atoms with E-state index in [1.54, 1.807) is 0 Å². The second kappa shape index (κ2) is 4.88. The van der Waals surface area contributed by atoms with Crippen molar-refractivity contribution in [2.45, 2.75) is 0 Å². The Labute approximate surface area is 111 Å². The van der Waals surface area contributed by atoms with Crippen molar-refractivity contribution in [1.29, 1.82) is 0 Å². The molecule has 0 aliphatic rings. The molecule has 0 aliphatic carbocycles. The summed E-state index contributed by atoms with van der Waals surface area (Å²) in [4.78, 5) is 32.4. The molecule has 2 aromatic rings. The summed E-state index contributed by atoms with van der Waals surface area (Å²) < 4.78 is 1.07. The predicted molar refractivity (Wildman–Crippen MR) is 66.4 cm³/mol. The van der Waals surface area contributed by atoms with Gasteiger partial charge >= 0.3 is 5.69 Å². The molecule has 9 heteroatoms. The van der Waals surface area contributed by atoms with Crippen LogP contribution >= 0.6 is 0 Å². The van der Waals surface area contributed by atoms with Gasteiger partial charge in [-0.25, -0.2) is 0 Å². The average molecular weight is 276 g/mol. The molecule has 9 nitrogen and oxygen atoms in total. The molecule has 102 valence electrons. The van der Waals surface area contributed by atoms with Gasteiger partial charge in [-0.3, -0.25) is 29.7 Å². The van der Waals surface area contributed by atoms with Gasteiger partial charge in [-0.2, -0.15) is 5.10 Å². The molecule has 20 heavy (non-hydrogen) atoms. The van der Waals surface area contributed by atoms with Crippen LogP contribution in [0.4, 0.5) is 11.4 Å². The third-order valence-corrected chi connectivity index (χ3v) is 2.65. The molecule has 2 rings (SSSR count). The Morgan fingerprint density at radius 2 is 1.95 bits per heavy atom. The fourth-order valence-corrected chi connectivity index (χ4v) is 1.72. The number of rotatable bonds is 4. The van der Waals surface area contributed by atoms with E-state index in [9.17, 15) is 25.0 Å². The van der Waals surface area contributed by atoms with Gasteiger partial charge in [-0.1, -0.05) is 12.1 Å². The summed E-state index contributed by atoms with van der Waals surface area (Å²) in [6.45, 7) is 0. The fraction of sp³-hybridized carbons (Fsp3) is 0.0909. The Kier molecular flexibility index (Phi) is 3.25. The number of aromatic nitrogens is 2. The minimum absolute atomic E-state index is 0.00843. The standard InChI is InChI=1S/C11H8N4O5/c1-13-10(9(6-12-13)15(19)20)11(16)7-3-2-4-8(5-7)14(17)18/h2-6H,1H3. The summed E-state index contributed by atoms with van der Waals surface area (Å²) in [7, 11) is 1.39. The Hall–Kier alpha value is -3.10. The Morgan fingerprint density at radius 1 is 1.25 bits per heavy atom. The zero-order valence-electron chi connectivity index (χ0n) is 10.2. The van der Waals surface area contributed by atoms with Crippen LogP contribution < -0.4 is 0 Å². The van der Waals surface area contributed by atoms with Crippen molar-refractivity contribution in [2.75, 3.05) is 0 Å². The summed E-state index contributed by atoms with van der Waals surface area (Å²) in [6, 6.07) is 4.99. The van der Waals surface area contributed by atoms with Crippen LogP contribution in [0.1, 0.15) is 16.1 Å². The van der Waals surface area contributed by atoms with Gasteiger partial charge in [0.25, 0.3) is 5.69 Å². The zero-order chi connectivity index (χ0) is 14.9. The van der Waals surface area contributed by atoms with Crippen molar-refractivity contribution in [3.63, 3.8) is 0 Å². The quantitative estimate of drug-likeness (QED) is 0.473. The van der Waals surface area contributed by atoms with Crippen LogP contribution in [0.25, 0.3) is 0 Å². The molecular weight excluding hydrogens is 268 g/mol. The summed E-state index contributed by atoms with van der Waals surface area (Å²) in [5.41, 5.74) is -0.939. The second-order valence-corrected chi connectivity index (χ2v) is 3.90. The first-order valence-corrected chi connectivity index (χ1v) is 5.37. The van der Waals surface area contributed by atoms with E-state index in [1.807, 2.05) is 0 Å². The maximum absolute atomic E-state index is 12.2. The van der Waals surface area contributed by atoms with Gasteiger partial charge in [0.05, 0.1) is 9.85 Å². The third-order valence-electron chi connectivity index (χ3n) is 2.65. The highest BCUT2D eigenvalue weighted by atomic mass is 16.6. The van der Waals surface area contributed by atoms with Gasteiger partial charge < -0.3 is 0 Å². The van der Waals surface area contributed by atoms with E-state index in [0.29, 0.717) is 0 Å². The second-order valence-electron chi connectivity index (χ2n) is 3.90. The van der Waals surface area contributed by atoms with Crippen LogP contribution in [0.3, 0.4) is 0 Å². The van der Waals surface area contributed by atoms with E-state index < -0.39 is 21.3 Å². The summed E-state index contributed by atoms with van der Waals surface area (Å²) in [5, 5.41) is 25.2. The lowest BCUT2D eigenvalue weighted by atomic mass is 10.1. The fourth-order valence-electron chi connectivity index (χ4n) is 1.72. The van der Waals surface area contributed by atoms with E-state index in [-0.39, 0.29) is 16.9 Å². The monoisotopic (exact) mass is 276 g/mol. The first-order valence-electron chi connectivity index (χ1n) is 5.37. The largest absolute Gasteiger partial charge is 0.318 e. The molecule has 0 aliphatic heterocycles. The zero-order valence-corrected chi connectivity index (χ0v) is 10.2. The lowest BCUT2D eigenvalue weighted by Crippen LogP contribution is -2.10. The molecule has 1 aromatic heterocycles. The molecule has 0 bridgehead atoms. The highest BCUT2D eigenvalue weighted by Gasteiger charge is 2.27. The molecule has 0 radical (unpaired) electrons. The molecule has 0 unspecified atom stereocenters. The van der Waals surface area contributed by atoms with Crippen LogP contribution in [0.5, 0.6) is 0 Å². The van der Waals surface area contributed by atoms with Crippen molar-refractivity contribution >= 4 is 17.2 Å². The molecule has 0 saturated heterocycles. The number of benzene rings is 1. The van der Waals surface area contributed by atoms with Crippen LogP contribution in [0, 0.1) is 20.2 Å². The van der Waals surface area contributed by atoms with Crippen LogP contribution in [-0.2, 0) is 7.05 Å². The number of non-ortho nitro benzene ring substituents is 1. The SMILES string of the molecule is Cn1ncc([N+](=O)[O-])c1C(=O)c1cccc([N+](=O)[O-])c1. The predicted octanol–water partition coefficient (Wildman–Crippen LogP) is 1.47. The van der Waals surface area contributed by atoms with Gasteiger partial charge in [-0.05, 0) is 0 Å². The van der Waals surface area contributed by atoms with Gasteiger partial charge in [0.15, 0.2) is 5.69 Å². The number of ketones is 1. The van der Waals surface area contributed by atoms with Crippen LogP contribution in [0.2, 0.25) is 0 Å². The van der Waals surface area contributed by atoms with Gasteiger partial charge in [0.1, 0.15) is 6.20 Å². The minimum Gasteiger partial charge on any atom is -0.287 e. The lowest BCUT2D eigenvalue weighted by molar-refractivity contribution is -0.385. The molecule has 0 spiro atoms. The number of hydrogen-bond donors (Lipinski definition) is 0. The number of carbonyl (C=O) groups is 1. The number of nitro groups is 2. The maximum atomic E-state index is 12.2. The van der Waals surface area contributed by atoms with Gasteiger partial charge in [0, 0.05) is 24.7 Å². The number of hydrogen-bond acceptors (Lipinski definition) is 6. The Balaban J connectivity index is 2.52. The Morgan fingerprint density at radius 3 is 2.55 bits per heavy atom. The molecular formula is C11H8N4O5. The number of nitro benzene ring substituents is 1. The number of aryl methyl sites for hydroxylation is 1. The van der Waals surface area contributed by atoms with Crippen molar-refractivity contribution in [3.8, 4) is 0 Å². The van der Waals surface area contributed by atoms with E-state index in [0.717, 1.165) is 16.9 Å². The van der Waals surface area contributed by atoms with Crippen LogP contribution in [0.15, 0.2) is 30.5 Å². The highest BCUT2D eigenvalue weighted by Crippen LogP contribution is 2.22. The normalized spacial score (nSPS) is 10.2. The molecule has 0 fully saturated rings. The van der Waals surface area contributed by atoms with Crippen LogP contribution in [-0.4, -0.2) is 25.4 Å². The molecule has 1 heterocycles. The van der Waals surface area contributed by atoms with Crippen molar-refractivity contribution in [2.24, 2.45) is 7.05 Å². The number of nitrogens with zero attached hydrogens (tertiary/aromatic N) is 4. The van der Waals surface area contributed by atoms with E-state index in [1.165, 1.54) is 25.2 Å². The molecule has 1 aromatic carbocycles. The van der Waals surface area contributed by atoms with Gasteiger partial charge in [-0.15, -0.1) is 0 Å². The van der Waals surface area contributed by atoms with Gasteiger partial charge in [0.2, 0.25) is 5.78 Å². The Bertz CT molecular complexity index is 721.